The Morgan fingerprint density at radius 3 is 2.58 bits per heavy atom. The lowest BCUT2D eigenvalue weighted by molar-refractivity contribution is -0.123. The molecule has 1 fully saturated rings. The van der Waals surface area contributed by atoms with Crippen molar-refractivity contribution in [2.45, 2.75) is 45.3 Å². The fourth-order valence-corrected chi connectivity index (χ4v) is 1.77. The minimum Gasteiger partial charge on any atom is -0.484 e. The Morgan fingerprint density at radius 2 is 2.00 bits per heavy atom. The van der Waals surface area contributed by atoms with Crippen molar-refractivity contribution in [1.82, 2.24) is 10.6 Å². The molecule has 1 aliphatic carbocycles. The van der Waals surface area contributed by atoms with Gasteiger partial charge in [-0.25, -0.2) is 0 Å². The molecule has 104 valence electrons. The van der Waals surface area contributed by atoms with Crippen LogP contribution in [-0.4, -0.2) is 24.6 Å². The third kappa shape index (κ3) is 5.30. The summed E-state index contributed by atoms with van der Waals surface area (Å²) in [7, 11) is 0. The standard InChI is InChI=1S/C15H22N2O2/c1-11(2)17-15(18)10-19-14-7-3-12(4-8-14)9-16-13-5-6-13/h3-4,7-8,11,13,16H,5-6,9-10H2,1-2H3,(H,17,18). The normalized spacial score (nSPS) is 14.5. The number of carbonyl (C=O) groups excluding carboxylic acids is 1. The van der Waals surface area contributed by atoms with Gasteiger partial charge in [-0.2, -0.15) is 0 Å². The zero-order valence-electron chi connectivity index (χ0n) is 11.6. The number of amides is 1. The Balaban J connectivity index is 1.72. The zero-order valence-corrected chi connectivity index (χ0v) is 11.6. The predicted molar refractivity (Wildman–Crippen MR) is 75.1 cm³/mol. The van der Waals surface area contributed by atoms with E-state index < -0.39 is 0 Å². The third-order valence-electron chi connectivity index (χ3n) is 2.92. The van der Waals surface area contributed by atoms with Gasteiger partial charge in [-0.15, -0.1) is 0 Å². The average Bonchev–Trinajstić information content (AvgIpc) is 3.18. The van der Waals surface area contributed by atoms with Crippen molar-refractivity contribution < 1.29 is 9.53 Å². The minimum atomic E-state index is -0.0884. The molecule has 1 amide bonds. The zero-order chi connectivity index (χ0) is 13.7. The molecule has 4 nitrogen and oxygen atoms in total. The maximum Gasteiger partial charge on any atom is 0.258 e. The van der Waals surface area contributed by atoms with E-state index in [-0.39, 0.29) is 18.6 Å². The van der Waals surface area contributed by atoms with Gasteiger partial charge in [0.1, 0.15) is 5.75 Å². The maximum absolute atomic E-state index is 11.4. The summed E-state index contributed by atoms with van der Waals surface area (Å²) in [6.07, 6.45) is 2.60. The highest BCUT2D eigenvalue weighted by atomic mass is 16.5. The van der Waals surface area contributed by atoms with Crippen LogP contribution in [0.1, 0.15) is 32.3 Å². The molecule has 0 unspecified atom stereocenters. The van der Waals surface area contributed by atoms with Crippen LogP contribution >= 0.6 is 0 Å². The first-order chi connectivity index (χ1) is 9.13. The molecule has 1 aromatic rings. The molecule has 1 aliphatic rings. The van der Waals surface area contributed by atoms with Crippen molar-refractivity contribution >= 4 is 5.91 Å². The molecule has 0 aromatic heterocycles. The monoisotopic (exact) mass is 262 g/mol. The van der Waals surface area contributed by atoms with Gasteiger partial charge < -0.3 is 15.4 Å². The topological polar surface area (TPSA) is 50.4 Å². The number of rotatable bonds is 7. The Kier molecular flexibility index (Phi) is 4.80. The summed E-state index contributed by atoms with van der Waals surface area (Å²) in [5, 5.41) is 6.25. The molecular weight excluding hydrogens is 240 g/mol. The lowest BCUT2D eigenvalue weighted by atomic mass is 10.2. The quantitative estimate of drug-likeness (QED) is 0.788. The second-order valence-corrected chi connectivity index (χ2v) is 5.31. The Bertz CT molecular complexity index is 411. The highest BCUT2D eigenvalue weighted by molar-refractivity contribution is 5.77. The smallest absolute Gasteiger partial charge is 0.258 e. The molecule has 0 radical (unpaired) electrons. The van der Waals surface area contributed by atoms with Crippen LogP contribution in [0.3, 0.4) is 0 Å². The van der Waals surface area contributed by atoms with E-state index in [2.05, 4.69) is 10.6 Å². The van der Waals surface area contributed by atoms with Gasteiger partial charge in [0.25, 0.3) is 5.91 Å². The van der Waals surface area contributed by atoms with Crippen LogP contribution in [0.2, 0.25) is 0 Å². The summed E-state index contributed by atoms with van der Waals surface area (Å²) in [4.78, 5) is 11.4. The van der Waals surface area contributed by atoms with E-state index in [1.165, 1.54) is 18.4 Å². The van der Waals surface area contributed by atoms with Gasteiger partial charge in [-0.1, -0.05) is 12.1 Å². The van der Waals surface area contributed by atoms with Gasteiger partial charge in [-0.05, 0) is 44.4 Å². The minimum absolute atomic E-state index is 0.0673. The van der Waals surface area contributed by atoms with Gasteiger partial charge >= 0.3 is 0 Å². The van der Waals surface area contributed by atoms with Crippen LogP contribution in [-0.2, 0) is 11.3 Å². The van der Waals surface area contributed by atoms with E-state index in [0.29, 0.717) is 0 Å². The van der Waals surface area contributed by atoms with E-state index in [1.54, 1.807) is 0 Å². The maximum atomic E-state index is 11.4. The number of hydrogen-bond acceptors (Lipinski definition) is 3. The molecule has 4 heteroatoms. The molecule has 1 aromatic carbocycles. The molecule has 0 atom stereocenters. The Labute approximate surface area is 114 Å². The second kappa shape index (κ2) is 6.57. The molecule has 0 heterocycles. The highest BCUT2D eigenvalue weighted by Crippen LogP contribution is 2.19. The highest BCUT2D eigenvalue weighted by Gasteiger charge is 2.19. The van der Waals surface area contributed by atoms with Gasteiger partial charge in [0.2, 0.25) is 0 Å². The largest absolute Gasteiger partial charge is 0.484 e. The molecule has 2 N–H and O–H groups in total. The number of ether oxygens (including phenoxy) is 1. The van der Waals surface area contributed by atoms with Crippen LogP contribution in [0.4, 0.5) is 0 Å². The summed E-state index contributed by atoms with van der Waals surface area (Å²) in [5.41, 5.74) is 1.24. The Morgan fingerprint density at radius 1 is 1.32 bits per heavy atom. The SMILES string of the molecule is CC(C)NC(=O)COc1ccc(CNC2CC2)cc1. The van der Waals surface area contributed by atoms with Crippen molar-refractivity contribution in [3.05, 3.63) is 29.8 Å². The molecule has 0 aliphatic heterocycles. The summed E-state index contributed by atoms with van der Waals surface area (Å²) in [6.45, 7) is 4.83. The second-order valence-electron chi connectivity index (χ2n) is 5.31. The lowest BCUT2D eigenvalue weighted by Gasteiger charge is -2.10. The van der Waals surface area contributed by atoms with Crippen molar-refractivity contribution in [3.63, 3.8) is 0 Å². The summed E-state index contributed by atoms with van der Waals surface area (Å²) >= 11 is 0. The van der Waals surface area contributed by atoms with Crippen LogP contribution in [0.5, 0.6) is 5.75 Å². The number of nitrogens with one attached hydrogen (secondary N) is 2. The van der Waals surface area contributed by atoms with Crippen LogP contribution in [0.25, 0.3) is 0 Å². The van der Waals surface area contributed by atoms with Crippen molar-refractivity contribution in [2.24, 2.45) is 0 Å². The molecule has 19 heavy (non-hydrogen) atoms. The third-order valence-corrected chi connectivity index (χ3v) is 2.92. The van der Waals surface area contributed by atoms with E-state index in [4.69, 9.17) is 4.74 Å². The number of benzene rings is 1. The first kappa shape index (κ1) is 13.9. The Hall–Kier alpha value is -1.55. The van der Waals surface area contributed by atoms with Crippen LogP contribution < -0.4 is 15.4 Å². The molecular formula is C15H22N2O2. The first-order valence-corrected chi connectivity index (χ1v) is 6.88. The van der Waals surface area contributed by atoms with Crippen LogP contribution in [0.15, 0.2) is 24.3 Å². The molecule has 2 rings (SSSR count). The van der Waals surface area contributed by atoms with Gasteiger partial charge in [0, 0.05) is 18.6 Å². The van der Waals surface area contributed by atoms with E-state index in [9.17, 15) is 4.79 Å². The van der Waals surface area contributed by atoms with E-state index >= 15 is 0 Å². The molecule has 0 bridgehead atoms. The molecule has 0 saturated heterocycles. The van der Waals surface area contributed by atoms with Crippen molar-refractivity contribution in [1.29, 1.82) is 0 Å². The summed E-state index contributed by atoms with van der Waals surface area (Å²) in [6, 6.07) is 8.75. The van der Waals surface area contributed by atoms with Crippen molar-refractivity contribution in [2.75, 3.05) is 6.61 Å². The molecule has 1 saturated carbocycles. The number of carbonyl (C=O) groups is 1. The summed E-state index contributed by atoms with van der Waals surface area (Å²) < 4.78 is 5.43. The summed E-state index contributed by atoms with van der Waals surface area (Å²) in [5.74, 6) is 0.642. The first-order valence-electron chi connectivity index (χ1n) is 6.88. The van der Waals surface area contributed by atoms with E-state index in [1.807, 2.05) is 38.1 Å². The fraction of sp³-hybridized carbons (Fsp3) is 0.533. The van der Waals surface area contributed by atoms with Crippen molar-refractivity contribution in [3.8, 4) is 5.75 Å². The molecule has 0 spiro atoms. The van der Waals surface area contributed by atoms with Gasteiger partial charge in [0.05, 0.1) is 0 Å². The van der Waals surface area contributed by atoms with Crippen LogP contribution in [0, 0.1) is 0 Å². The van der Waals surface area contributed by atoms with Gasteiger partial charge in [-0.3, -0.25) is 4.79 Å². The fourth-order valence-electron chi connectivity index (χ4n) is 1.77. The number of hydrogen-bond donors (Lipinski definition) is 2. The predicted octanol–water partition coefficient (Wildman–Crippen LogP) is 1.84. The van der Waals surface area contributed by atoms with Gasteiger partial charge in [0.15, 0.2) is 6.61 Å². The lowest BCUT2D eigenvalue weighted by Crippen LogP contribution is -2.34. The van der Waals surface area contributed by atoms with E-state index in [0.717, 1.165) is 18.3 Å². The average molecular weight is 262 g/mol.